The lowest BCUT2D eigenvalue weighted by atomic mass is 10.0. The fourth-order valence-corrected chi connectivity index (χ4v) is 2.86. The van der Waals surface area contributed by atoms with E-state index >= 15 is 0 Å². The number of anilines is 2. The molecule has 0 saturated heterocycles. The van der Waals surface area contributed by atoms with Crippen LogP contribution in [0.1, 0.15) is 31.9 Å². The number of hydrogen-bond donors (Lipinski definition) is 2. The predicted molar refractivity (Wildman–Crippen MR) is 141 cm³/mol. The SMILES string of the molecule is C=C(C)C(=O)OCCOC(=O)Nc1ccc(Cc2ccc(NCOCCOC(=O)/C(C)=C/C)cc2)cc1. The zero-order chi connectivity index (χ0) is 27.0. The molecule has 198 valence electrons. The van der Waals surface area contributed by atoms with E-state index in [0.29, 0.717) is 24.6 Å². The maximum Gasteiger partial charge on any atom is 0.411 e. The first-order valence-corrected chi connectivity index (χ1v) is 11.8. The summed E-state index contributed by atoms with van der Waals surface area (Å²) in [5.74, 6) is -0.856. The van der Waals surface area contributed by atoms with E-state index in [1.807, 2.05) is 36.4 Å². The highest BCUT2D eigenvalue weighted by Gasteiger charge is 2.07. The molecule has 0 heterocycles. The van der Waals surface area contributed by atoms with Crippen molar-refractivity contribution < 1.29 is 33.3 Å². The minimum atomic E-state index is -0.629. The standard InChI is InChI=1S/C28H34N2O7/c1-5-21(4)27(32)36-15-14-34-19-29-24-10-6-22(7-11-24)18-23-8-12-25(13-9-23)30-28(33)37-17-16-35-26(31)20(2)3/h5-13,29H,2,14-19H2,1,3-4H3,(H,30,33)/b21-5+. The van der Waals surface area contributed by atoms with E-state index in [9.17, 15) is 14.4 Å². The lowest BCUT2D eigenvalue weighted by Crippen LogP contribution is -2.18. The molecule has 37 heavy (non-hydrogen) atoms. The van der Waals surface area contributed by atoms with Gasteiger partial charge in [-0.15, -0.1) is 0 Å². The number of carbonyl (C=O) groups excluding carboxylic acids is 3. The van der Waals surface area contributed by atoms with Gasteiger partial charge in [-0.1, -0.05) is 36.9 Å². The Morgan fingerprint density at radius 2 is 1.32 bits per heavy atom. The van der Waals surface area contributed by atoms with Crippen molar-refractivity contribution >= 4 is 29.4 Å². The second-order valence-corrected chi connectivity index (χ2v) is 8.08. The molecule has 9 heteroatoms. The zero-order valence-corrected chi connectivity index (χ0v) is 21.5. The van der Waals surface area contributed by atoms with Crippen LogP contribution in [0.2, 0.25) is 0 Å². The van der Waals surface area contributed by atoms with Crippen LogP contribution in [0.25, 0.3) is 0 Å². The summed E-state index contributed by atoms with van der Waals surface area (Å²) in [7, 11) is 0. The largest absolute Gasteiger partial charge is 0.460 e. The van der Waals surface area contributed by atoms with Crippen molar-refractivity contribution in [1.82, 2.24) is 0 Å². The first-order valence-electron chi connectivity index (χ1n) is 11.8. The number of amides is 1. The molecule has 0 saturated carbocycles. The highest BCUT2D eigenvalue weighted by atomic mass is 16.6. The Labute approximate surface area is 217 Å². The Balaban J connectivity index is 1.66. The number of allylic oxidation sites excluding steroid dienone is 1. The van der Waals surface area contributed by atoms with Crippen LogP contribution >= 0.6 is 0 Å². The molecule has 0 unspecified atom stereocenters. The van der Waals surface area contributed by atoms with Gasteiger partial charge in [0, 0.05) is 22.5 Å². The van der Waals surface area contributed by atoms with E-state index in [-0.39, 0.29) is 31.4 Å². The van der Waals surface area contributed by atoms with Crippen molar-refractivity contribution in [2.24, 2.45) is 0 Å². The van der Waals surface area contributed by atoms with Crippen LogP contribution in [0.3, 0.4) is 0 Å². The lowest BCUT2D eigenvalue weighted by molar-refractivity contribution is -0.141. The summed E-state index contributed by atoms with van der Waals surface area (Å²) in [6.45, 7) is 9.24. The third-order valence-electron chi connectivity index (χ3n) is 5.05. The van der Waals surface area contributed by atoms with Gasteiger partial charge < -0.3 is 24.3 Å². The van der Waals surface area contributed by atoms with Gasteiger partial charge in [-0.3, -0.25) is 5.32 Å². The summed E-state index contributed by atoms with van der Waals surface area (Å²) in [6.07, 6.45) is 1.81. The number of ether oxygens (including phenoxy) is 4. The van der Waals surface area contributed by atoms with Crippen molar-refractivity contribution in [1.29, 1.82) is 0 Å². The maximum atomic E-state index is 11.9. The average Bonchev–Trinajstić information content (AvgIpc) is 2.89. The van der Waals surface area contributed by atoms with E-state index in [1.165, 1.54) is 0 Å². The molecule has 9 nitrogen and oxygen atoms in total. The third-order valence-corrected chi connectivity index (χ3v) is 5.05. The van der Waals surface area contributed by atoms with Gasteiger partial charge >= 0.3 is 18.0 Å². The molecule has 0 atom stereocenters. The van der Waals surface area contributed by atoms with Gasteiger partial charge in [0.05, 0.1) is 6.61 Å². The first kappa shape index (κ1) is 29.1. The molecule has 0 aliphatic heterocycles. The summed E-state index contributed by atoms with van der Waals surface area (Å²) < 4.78 is 20.4. The minimum Gasteiger partial charge on any atom is -0.460 e. The normalized spacial score (nSPS) is 10.8. The molecule has 2 aromatic carbocycles. The van der Waals surface area contributed by atoms with Gasteiger partial charge in [0.25, 0.3) is 0 Å². The molecular formula is C28H34N2O7. The van der Waals surface area contributed by atoms with Crippen molar-refractivity contribution in [3.8, 4) is 0 Å². The van der Waals surface area contributed by atoms with Crippen molar-refractivity contribution in [2.75, 3.05) is 43.8 Å². The summed E-state index contributed by atoms with van der Waals surface area (Å²) in [6, 6.07) is 15.4. The maximum absolute atomic E-state index is 11.9. The van der Waals surface area contributed by atoms with E-state index < -0.39 is 12.1 Å². The van der Waals surface area contributed by atoms with Crippen molar-refractivity contribution in [3.05, 3.63) is 83.5 Å². The quantitative estimate of drug-likeness (QED) is 0.122. The zero-order valence-electron chi connectivity index (χ0n) is 21.5. The summed E-state index contributed by atoms with van der Waals surface area (Å²) in [5, 5.41) is 5.79. The topological polar surface area (TPSA) is 112 Å². The first-order chi connectivity index (χ1) is 17.8. The van der Waals surface area contributed by atoms with E-state index in [1.54, 1.807) is 39.0 Å². The number of rotatable bonds is 14. The second-order valence-electron chi connectivity index (χ2n) is 8.08. The average molecular weight is 511 g/mol. The Morgan fingerprint density at radius 1 is 0.784 bits per heavy atom. The number of carbonyl (C=O) groups is 3. The smallest absolute Gasteiger partial charge is 0.411 e. The number of esters is 2. The fourth-order valence-electron chi connectivity index (χ4n) is 2.86. The Hall–Kier alpha value is -4.11. The van der Waals surface area contributed by atoms with E-state index in [0.717, 1.165) is 23.2 Å². The monoisotopic (exact) mass is 510 g/mol. The molecule has 0 bridgehead atoms. The highest BCUT2D eigenvalue weighted by molar-refractivity contribution is 5.87. The van der Waals surface area contributed by atoms with Gasteiger partial charge in [-0.25, -0.2) is 14.4 Å². The Kier molecular flexibility index (Phi) is 12.4. The minimum absolute atomic E-state index is 0.0343. The predicted octanol–water partition coefficient (Wildman–Crippen LogP) is 4.84. The molecule has 0 aliphatic rings. The highest BCUT2D eigenvalue weighted by Crippen LogP contribution is 2.16. The van der Waals surface area contributed by atoms with Crippen LogP contribution in [0.4, 0.5) is 16.2 Å². The summed E-state index contributed by atoms with van der Waals surface area (Å²) in [4.78, 5) is 34.7. The summed E-state index contributed by atoms with van der Waals surface area (Å²) in [5.41, 5.74) is 4.58. The molecule has 0 aliphatic carbocycles. The number of nitrogens with one attached hydrogen (secondary N) is 2. The van der Waals surface area contributed by atoms with Crippen LogP contribution in [0.15, 0.2) is 72.3 Å². The van der Waals surface area contributed by atoms with Gasteiger partial charge in [0.1, 0.15) is 26.6 Å². The summed E-state index contributed by atoms with van der Waals surface area (Å²) >= 11 is 0. The molecule has 2 rings (SSSR count). The van der Waals surface area contributed by atoms with Gasteiger partial charge in [0.15, 0.2) is 0 Å². The fraction of sp³-hybridized carbons (Fsp3) is 0.321. The van der Waals surface area contributed by atoms with Crippen LogP contribution < -0.4 is 10.6 Å². The van der Waals surface area contributed by atoms with E-state index in [2.05, 4.69) is 17.2 Å². The van der Waals surface area contributed by atoms with Crippen LogP contribution in [-0.4, -0.2) is 51.2 Å². The molecule has 2 aromatic rings. The third kappa shape index (κ3) is 11.4. The second kappa shape index (κ2) is 15.8. The van der Waals surface area contributed by atoms with Crippen LogP contribution in [0, 0.1) is 0 Å². The Bertz CT molecular complexity index is 1080. The molecule has 0 aromatic heterocycles. The molecular weight excluding hydrogens is 476 g/mol. The molecule has 2 N–H and O–H groups in total. The molecule has 0 spiro atoms. The van der Waals surface area contributed by atoms with Gasteiger partial charge in [-0.05, 0) is 62.6 Å². The Morgan fingerprint density at radius 3 is 1.92 bits per heavy atom. The van der Waals surface area contributed by atoms with Crippen molar-refractivity contribution in [3.63, 3.8) is 0 Å². The number of hydrogen-bond acceptors (Lipinski definition) is 8. The van der Waals surface area contributed by atoms with Gasteiger partial charge in [-0.2, -0.15) is 0 Å². The van der Waals surface area contributed by atoms with Crippen LogP contribution in [0.5, 0.6) is 0 Å². The van der Waals surface area contributed by atoms with E-state index in [4.69, 9.17) is 18.9 Å². The van der Waals surface area contributed by atoms with Crippen LogP contribution in [-0.2, 0) is 35.0 Å². The number of benzene rings is 2. The molecule has 0 radical (unpaired) electrons. The van der Waals surface area contributed by atoms with Gasteiger partial charge in [0.2, 0.25) is 0 Å². The van der Waals surface area contributed by atoms with Crippen molar-refractivity contribution in [2.45, 2.75) is 27.2 Å². The molecule has 0 fully saturated rings. The lowest BCUT2D eigenvalue weighted by Gasteiger charge is -2.10. The molecule has 1 amide bonds.